The fraction of sp³-hybridized carbons (Fsp3) is 0.200. The fourth-order valence-electron chi connectivity index (χ4n) is 2.59. The summed E-state index contributed by atoms with van der Waals surface area (Å²) in [4.78, 5) is 24.0. The van der Waals surface area contributed by atoms with E-state index in [1.54, 1.807) is 31.2 Å². The second-order valence-corrected chi connectivity index (χ2v) is 5.81. The molecule has 2 amide bonds. The summed E-state index contributed by atoms with van der Waals surface area (Å²) in [5, 5.41) is 6.47. The number of carbonyl (C=O) groups excluding carboxylic acids is 2. The number of fused-ring (bicyclic) bond motifs is 1. The quantitative estimate of drug-likeness (QED) is 0.709. The molecule has 0 aliphatic carbocycles. The second kappa shape index (κ2) is 7.74. The molecule has 1 heterocycles. The molecule has 0 saturated heterocycles. The van der Waals surface area contributed by atoms with Gasteiger partial charge in [-0.05, 0) is 44.2 Å². The number of benzene rings is 2. The second-order valence-electron chi connectivity index (χ2n) is 5.81. The van der Waals surface area contributed by atoms with Gasteiger partial charge in [-0.15, -0.1) is 0 Å². The lowest BCUT2D eigenvalue weighted by molar-refractivity contribution is 0.0935. The average molecular weight is 352 g/mol. The van der Waals surface area contributed by atoms with Gasteiger partial charge in [0, 0.05) is 16.6 Å². The molecule has 3 rings (SSSR count). The van der Waals surface area contributed by atoms with E-state index in [1.165, 1.54) is 0 Å². The van der Waals surface area contributed by atoms with E-state index in [0.717, 1.165) is 11.0 Å². The molecular weight excluding hydrogens is 332 g/mol. The van der Waals surface area contributed by atoms with Crippen LogP contribution in [-0.2, 0) is 4.74 Å². The van der Waals surface area contributed by atoms with Crippen LogP contribution in [-0.4, -0.2) is 18.6 Å². The van der Waals surface area contributed by atoms with Gasteiger partial charge in [-0.1, -0.05) is 24.3 Å². The Hall–Kier alpha value is -3.28. The van der Waals surface area contributed by atoms with Crippen LogP contribution in [0.2, 0.25) is 0 Å². The summed E-state index contributed by atoms with van der Waals surface area (Å²) in [7, 11) is 0. The number of anilines is 1. The molecule has 0 saturated carbocycles. The van der Waals surface area contributed by atoms with Crippen LogP contribution in [0.1, 0.15) is 36.0 Å². The zero-order chi connectivity index (χ0) is 18.5. The zero-order valence-corrected chi connectivity index (χ0v) is 14.6. The summed E-state index contributed by atoms with van der Waals surface area (Å²) in [5.74, 6) is 0.422. The fourth-order valence-corrected chi connectivity index (χ4v) is 2.59. The van der Waals surface area contributed by atoms with E-state index in [0.29, 0.717) is 17.0 Å². The predicted octanol–water partition coefficient (Wildman–Crippen LogP) is 4.49. The molecule has 0 aliphatic rings. The van der Waals surface area contributed by atoms with E-state index < -0.39 is 6.09 Å². The molecule has 2 aromatic carbocycles. The van der Waals surface area contributed by atoms with Crippen molar-refractivity contribution < 1.29 is 18.7 Å². The Morgan fingerprint density at radius 3 is 2.69 bits per heavy atom. The van der Waals surface area contributed by atoms with Crippen molar-refractivity contribution in [3.8, 4) is 0 Å². The minimum absolute atomic E-state index is 0.259. The number of amides is 2. The first-order valence-corrected chi connectivity index (χ1v) is 8.40. The minimum atomic E-state index is -0.555. The molecule has 0 unspecified atom stereocenters. The molecule has 6 nitrogen and oxygen atoms in total. The van der Waals surface area contributed by atoms with Gasteiger partial charge in [-0.2, -0.15) is 0 Å². The first-order valence-electron chi connectivity index (χ1n) is 8.40. The lowest BCUT2D eigenvalue weighted by Gasteiger charge is -2.12. The highest BCUT2D eigenvalue weighted by Gasteiger charge is 2.16. The lowest BCUT2D eigenvalue weighted by Crippen LogP contribution is -2.26. The minimum Gasteiger partial charge on any atom is -0.459 e. The van der Waals surface area contributed by atoms with Crippen LogP contribution in [0.3, 0.4) is 0 Å². The molecule has 3 aromatic rings. The highest BCUT2D eigenvalue weighted by Crippen LogP contribution is 2.24. The van der Waals surface area contributed by atoms with Crippen molar-refractivity contribution in [3.05, 3.63) is 65.9 Å². The van der Waals surface area contributed by atoms with Crippen LogP contribution in [0.5, 0.6) is 0 Å². The monoisotopic (exact) mass is 352 g/mol. The van der Waals surface area contributed by atoms with Crippen molar-refractivity contribution in [2.24, 2.45) is 0 Å². The van der Waals surface area contributed by atoms with Gasteiger partial charge in [0.1, 0.15) is 11.3 Å². The first kappa shape index (κ1) is 17.5. The van der Waals surface area contributed by atoms with Crippen LogP contribution in [0, 0.1) is 0 Å². The molecule has 0 aliphatic heterocycles. The van der Waals surface area contributed by atoms with Crippen LogP contribution in [0.25, 0.3) is 11.0 Å². The van der Waals surface area contributed by atoms with Crippen LogP contribution in [0.15, 0.2) is 59.0 Å². The third-order valence-electron chi connectivity index (χ3n) is 3.87. The molecular formula is C20H20N2O4. The smallest absolute Gasteiger partial charge is 0.411 e. The normalized spacial score (nSPS) is 11.8. The maximum Gasteiger partial charge on any atom is 0.411 e. The Bertz CT molecular complexity index is 899. The van der Waals surface area contributed by atoms with Crippen molar-refractivity contribution in [3.63, 3.8) is 0 Å². The summed E-state index contributed by atoms with van der Waals surface area (Å²) < 4.78 is 10.6. The Morgan fingerprint density at radius 2 is 1.92 bits per heavy atom. The van der Waals surface area contributed by atoms with E-state index in [-0.39, 0.29) is 18.6 Å². The van der Waals surface area contributed by atoms with Gasteiger partial charge in [0.25, 0.3) is 5.91 Å². The molecule has 0 fully saturated rings. The van der Waals surface area contributed by atoms with E-state index >= 15 is 0 Å². The molecule has 0 radical (unpaired) electrons. The Kier molecular flexibility index (Phi) is 5.22. The summed E-state index contributed by atoms with van der Waals surface area (Å²) in [6.07, 6.45) is -0.555. The maximum atomic E-state index is 12.5. The van der Waals surface area contributed by atoms with Gasteiger partial charge >= 0.3 is 6.09 Å². The van der Waals surface area contributed by atoms with E-state index in [1.807, 2.05) is 37.3 Å². The third-order valence-corrected chi connectivity index (χ3v) is 3.87. The SMILES string of the molecule is CCOC(=O)Nc1cccc(C(=O)N[C@H](C)c2cc3ccccc3o2)c1. The van der Waals surface area contributed by atoms with Crippen molar-refractivity contribution in [2.75, 3.05) is 11.9 Å². The molecule has 1 atom stereocenters. The summed E-state index contributed by atoms with van der Waals surface area (Å²) >= 11 is 0. The summed E-state index contributed by atoms with van der Waals surface area (Å²) in [6.45, 7) is 3.86. The lowest BCUT2D eigenvalue weighted by atomic mass is 10.1. The summed E-state index contributed by atoms with van der Waals surface area (Å²) in [5.41, 5.74) is 1.71. The standard InChI is InChI=1S/C20H20N2O4/c1-3-25-20(24)22-16-9-6-8-15(11-16)19(23)21-13(2)18-12-14-7-4-5-10-17(14)26-18/h4-13H,3H2,1-2H3,(H,21,23)(H,22,24)/t13-/m1/s1. The molecule has 0 bridgehead atoms. The van der Waals surface area contributed by atoms with Crippen molar-refractivity contribution in [2.45, 2.75) is 19.9 Å². The molecule has 6 heteroatoms. The number of hydrogen-bond donors (Lipinski definition) is 2. The predicted molar refractivity (Wildman–Crippen MR) is 99.2 cm³/mol. The van der Waals surface area contributed by atoms with Crippen molar-refractivity contribution in [1.82, 2.24) is 5.32 Å². The van der Waals surface area contributed by atoms with Crippen molar-refractivity contribution >= 4 is 28.7 Å². The van der Waals surface area contributed by atoms with Crippen LogP contribution < -0.4 is 10.6 Å². The van der Waals surface area contributed by atoms with Gasteiger partial charge in [-0.25, -0.2) is 4.79 Å². The highest BCUT2D eigenvalue weighted by atomic mass is 16.5. The Balaban J connectivity index is 1.70. The van der Waals surface area contributed by atoms with Crippen molar-refractivity contribution in [1.29, 1.82) is 0 Å². The Labute approximate surface area is 151 Å². The number of furan rings is 1. The van der Waals surface area contributed by atoms with E-state index in [2.05, 4.69) is 10.6 Å². The average Bonchev–Trinajstić information content (AvgIpc) is 3.06. The largest absolute Gasteiger partial charge is 0.459 e. The van der Waals surface area contributed by atoms with E-state index in [4.69, 9.17) is 9.15 Å². The molecule has 134 valence electrons. The van der Waals surface area contributed by atoms with Gasteiger partial charge < -0.3 is 14.5 Å². The number of nitrogens with one attached hydrogen (secondary N) is 2. The molecule has 0 spiro atoms. The number of para-hydroxylation sites is 1. The number of hydrogen-bond acceptors (Lipinski definition) is 4. The van der Waals surface area contributed by atoms with Gasteiger partial charge in [0.05, 0.1) is 12.6 Å². The first-order chi connectivity index (χ1) is 12.6. The highest BCUT2D eigenvalue weighted by molar-refractivity contribution is 5.96. The third kappa shape index (κ3) is 4.03. The van der Waals surface area contributed by atoms with Crippen LogP contribution in [0.4, 0.5) is 10.5 Å². The van der Waals surface area contributed by atoms with Crippen LogP contribution >= 0.6 is 0 Å². The van der Waals surface area contributed by atoms with Gasteiger partial charge in [-0.3, -0.25) is 10.1 Å². The number of carbonyl (C=O) groups is 2. The maximum absolute atomic E-state index is 12.5. The van der Waals surface area contributed by atoms with Gasteiger partial charge in [0.2, 0.25) is 0 Å². The Morgan fingerprint density at radius 1 is 1.12 bits per heavy atom. The zero-order valence-electron chi connectivity index (χ0n) is 14.6. The number of rotatable bonds is 5. The summed E-state index contributed by atoms with van der Waals surface area (Å²) in [6, 6.07) is 16.0. The van der Waals surface area contributed by atoms with Gasteiger partial charge in [0.15, 0.2) is 0 Å². The number of ether oxygens (including phenoxy) is 1. The van der Waals surface area contributed by atoms with E-state index in [9.17, 15) is 9.59 Å². The molecule has 26 heavy (non-hydrogen) atoms. The molecule has 2 N–H and O–H groups in total. The molecule has 1 aromatic heterocycles. The topological polar surface area (TPSA) is 80.6 Å².